The number of carbonyl (C=O) groups excluding carboxylic acids is 1. The lowest BCUT2D eigenvalue weighted by Crippen LogP contribution is -2.41. The van der Waals surface area contributed by atoms with Crippen molar-refractivity contribution in [3.8, 4) is 0 Å². The summed E-state index contributed by atoms with van der Waals surface area (Å²) in [6.07, 6.45) is 3.01. The van der Waals surface area contributed by atoms with Crippen LogP contribution in [0.4, 0.5) is 5.69 Å². The molecule has 0 radical (unpaired) electrons. The number of amides is 1. The SMILES string of the molecule is CSc1ccc(S(=O)(=O)N2CCC(C(=O)Nc3c(C)cccc3C(C)C)CC2)cc1. The van der Waals surface area contributed by atoms with Gasteiger partial charge in [-0.15, -0.1) is 11.8 Å². The van der Waals surface area contributed by atoms with Crippen LogP contribution in [0.1, 0.15) is 43.7 Å². The van der Waals surface area contributed by atoms with E-state index < -0.39 is 10.0 Å². The Morgan fingerprint density at radius 1 is 1.10 bits per heavy atom. The van der Waals surface area contributed by atoms with Crippen molar-refractivity contribution in [3.63, 3.8) is 0 Å². The first-order valence-corrected chi connectivity index (χ1v) is 12.9. The van der Waals surface area contributed by atoms with Crippen LogP contribution in [0.5, 0.6) is 0 Å². The first kappa shape index (κ1) is 22.8. The Balaban J connectivity index is 1.66. The summed E-state index contributed by atoms with van der Waals surface area (Å²) in [5, 5.41) is 3.12. The lowest BCUT2D eigenvalue weighted by molar-refractivity contribution is -0.120. The average molecular weight is 447 g/mol. The molecule has 1 heterocycles. The van der Waals surface area contributed by atoms with E-state index in [9.17, 15) is 13.2 Å². The summed E-state index contributed by atoms with van der Waals surface area (Å²) in [6, 6.07) is 13.0. The van der Waals surface area contributed by atoms with Crippen LogP contribution >= 0.6 is 11.8 Å². The van der Waals surface area contributed by atoms with Gasteiger partial charge in [-0.2, -0.15) is 4.31 Å². The number of thioether (sulfide) groups is 1. The molecule has 0 aromatic heterocycles. The number of carbonyl (C=O) groups is 1. The first-order chi connectivity index (χ1) is 14.2. The summed E-state index contributed by atoms with van der Waals surface area (Å²) in [7, 11) is -3.53. The number of sulfonamides is 1. The van der Waals surface area contributed by atoms with Crippen molar-refractivity contribution in [2.24, 2.45) is 5.92 Å². The van der Waals surface area contributed by atoms with Gasteiger partial charge in [-0.1, -0.05) is 32.0 Å². The molecule has 5 nitrogen and oxygen atoms in total. The van der Waals surface area contributed by atoms with Crippen LogP contribution in [0.3, 0.4) is 0 Å². The number of rotatable bonds is 6. The molecule has 0 spiro atoms. The minimum absolute atomic E-state index is 0.0208. The monoisotopic (exact) mass is 446 g/mol. The van der Waals surface area contributed by atoms with E-state index in [0.717, 1.165) is 21.7 Å². The largest absolute Gasteiger partial charge is 0.325 e. The molecule has 1 aliphatic rings. The third-order valence-corrected chi connectivity index (χ3v) is 8.35. The van der Waals surface area contributed by atoms with Crippen LogP contribution in [0, 0.1) is 12.8 Å². The lowest BCUT2D eigenvalue weighted by Gasteiger charge is -2.31. The molecule has 1 aliphatic heterocycles. The number of hydrogen-bond acceptors (Lipinski definition) is 4. The number of para-hydroxylation sites is 1. The Morgan fingerprint density at radius 2 is 1.73 bits per heavy atom. The summed E-state index contributed by atoms with van der Waals surface area (Å²) < 4.78 is 27.4. The quantitative estimate of drug-likeness (QED) is 0.642. The maximum Gasteiger partial charge on any atom is 0.243 e. The number of benzene rings is 2. The fourth-order valence-electron chi connectivity index (χ4n) is 3.82. The molecule has 3 rings (SSSR count). The third-order valence-electron chi connectivity index (χ3n) is 5.70. The highest BCUT2D eigenvalue weighted by Crippen LogP contribution is 2.30. The van der Waals surface area contributed by atoms with Gasteiger partial charge in [0.15, 0.2) is 0 Å². The minimum atomic E-state index is -3.53. The highest BCUT2D eigenvalue weighted by atomic mass is 32.2. The Kier molecular flexibility index (Phi) is 7.26. The molecule has 1 amide bonds. The van der Waals surface area contributed by atoms with E-state index in [1.807, 2.05) is 43.5 Å². The van der Waals surface area contributed by atoms with Gasteiger partial charge in [0.25, 0.3) is 0 Å². The summed E-state index contributed by atoms with van der Waals surface area (Å²) in [5.41, 5.74) is 3.06. The predicted molar refractivity (Wildman–Crippen MR) is 124 cm³/mol. The van der Waals surface area contributed by atoms with Crippen molar-refractivity contribution in [2.45, 2.75) is 49.3 Å². The second kappa shape index (κ2) is 9.54. The molecule has 1 saturated heterocycles. The highest BCUT2D eigenvalue weighted by Gasteiger charge is 2.32. The Morgan fingerprint density at radius 3 is 2.30 bits per heavy atom. The van der Waals surface area contributed by atoms with Crippen LogP contribution in [0.15, 0.2) is 52.3 Å². The molecule has 162 valence electrons. The van der Waals surface area contributed by atoms with Gasteiger partial charge in [0.2, 0.25) is 15.9 Å². The Hall–Kier alpha value is -1.83. The lowest BCUT2D eigenvalue weighted by atomic mass is 9.95. The molecule has 1 N–H and O–H groups in total. The van der Waals surface area contributed by atoms with E-state index in [1.165, 1.54) is 4.31 Å². The molecular weight excluding hydrogens is 416 g/mol. The van der Waals surface area contributed by atoms with Crippen molar-refractivity contribution in [1.82, 2.24) is 4.31 Å². The van der Waals surface area contributed by atoms with Crippen LogP contribution in [0.25, 0.3) is 0 Å². The zero-order valence-corrected chi connectivity index (χ0v) is 19.6. The van der Waals surface area contributed by atoms with Gasteiger partial charge >= 0.3 is 0 Å². The zero-order chi connectivity index (χ0) is 21.9. The summed E-state index contributed by atoms with van der Waals surface area (Å²) in [6.45, 7) is 6.93. The molecule has 0 saturated carbocycles. The van der Waals surface area contributed by atoms with Crippen molar-refractivity contribution in [3.05, 3.63) is 53.6 Å². The van der Waals surface area contributed by atoms with Crippen LogP contribution in [-0.2, 0) is 14.8 Å². The molecule has 0 bridgehead atoms. The number of anilines is 1. The minimum Gasteiger partial charge on any atom is -0.325 e. The molecule has 1 fully saturated rings. The van der Waals surface area contributed by atoms with Gasteiger partial charge in [0.1, 0.15) is 0 Å². The van der Waals surface area contributed by atoms with Gasteiger partial charge < -0.3 is 5.32 Å². The fourth-order valence-corrected chi connectivity index (χ4v) is 5.70. The van der Waals surface area contributed by atoms with E-state index in [4.69, 9.17) is 0 Å². The normalized spacial score (nSPS) is 16.0. The van der Waals surface area contributed by atoms with Gasteiger partial charge in [-0.3, -0.25) is 4.79 Å². The van der Waals surface area contributed by atoms with Gasteiger partial charge in [-0.25, -0.2) is 8.42 Å². The standard InChI is InChI=1S/C23H30N2O3S2/c1-16(2)21-7-5-6-17(3)22(21)24-23(26)18-12-14-25(15-13-18)30(27,28)20-10-8-19(29-4)9-11-20/h5-11,16,18H,12-15H2,1-4H3,(H,24,26). The topological polar surface area (TPSA) is 66.5 Å². The fraction of sp³-hybridized carbons (Fsp3) is 0.435. The Bertz CT molecular complexity index is 994. The zero-order valence-electron chi connectivity index (χ0n) is 18.0. The highest BCUT2D eigenvalue weighted by molar-refractivity contribution is 7.98. The molecule has 2 aromatic carbocycles. The smallest absolute Gasteiger partial charge is 0.243 e. The third kappa shape index (κ3) is 4.90. The first-order valence-electron chi connectivity index (χ1n) is 10.3. The number of piperidine rings is 1. The number of aryl methyl sites for hydroxylation is 1. The molecule has 0 unspecified atom stereocenters. The van der Waals surface area contributed by atoms with Crippen molar-refractivity contribution >= 4 is 33.4 Å². The Labute approximate surface area is 184 Å². The second-order valence-corrected chi connectivity index (χ2v) is 10.9. The van der Waals surface area contributed by atoms with E-state index in [-0.39, 0.29) is 11.8 Å². The summed E-state index contributed by atoms with van der Waals surface area (Å²) >= 11 is 1.58. The van der Waals surface area contributed by atoms with Crippen molar-refractivity contribution < 1.29 is 13.2 Å². The van der Waals surface area contributed by atoms with Gasteiger partial charge in [0.05, 0.1) is 4.90 Å². The maximum absolute atomic E-state index is 12.9. The predicted octanol–water partition coefficient (Wildman–Crippen LogP) is 4.88. The maximum atomic E-state index is 12.9. The van der Waals surface area contributed by atoms with E-state index in [2.05, 4.69) is 19.2 Å². The van der Waals surface area contributed by atoms with Crippen LogP contribution < -0.4 is 5.32 Å². The van der Waals surface area contributed by atoms with Gasteiger partial charge in [-0.05, 0) is 67.3 Å². The van der Waals surface area contributed by atoms with E-state index in [0.29, 0.717) is 36.7 Å². The number of hydrogen-bond donors (Lipinski definition) is 1. The van der Waals surface area contributed by atoms with Crippen LogP contribution in [0.2, 0.25) is 0 Å². The number of nitrogens with one attached hydrogen (secondary N) is 1. The molecule has 0 atom stereocenters. The molecule has 7 heteroatoms. The summed E-state index contributed by atoms with van der Waals surface area (Å²) in [5.74, 6) is 0.104. The molecule has 0 aliphatic carbocycles. The molecular formula is C23H30N2O3S2. The molecule has 2 aromatic rings. The average Bonchev–Trinajstić information content (AvgIpc) is 2.75. The summed E-state index contributed by atoms with van der Waals surface area (Å²) in [4.78, 5) is 14.2. The van der Waals surface area contributed by atoms with Crippen LogP contribution in [-0.4, -0.2) is 38.0 Å². The number of nitrogens with zero attached hydrogens (tertiary/aromatic N) is 1. The molecule has 30 heavy (non-hydrogen) atoms. The van der Waals surface area contributed by atoms with E-state index >= 15 is 0 Å². The second-order valence-electron chi connectivity index (χ2n) is 8.04. The van der Waals surface area contributed by atoms with Crippen molar-refractivity contribution in [2.75, 3.05) is 24.7 Å². The van der Waals surface area contributed by atoms with Crippen molar-refractivity contribution in [1.29, 1.82) is 0 Å². The van der Waals surface area contributed by atoms with E-state index in [1.54, 1.807) is 23.9 Å². The van der Waals surface area contributed by atoms with Gasteiger partial charge in [0, 0.05) is 29.6 Å².